The lowest BCUT2D eigenvalue weighted by Gasteiger charge is -2.31. The van der Waals surface area contributed by atoms with Crippen molar-refractivity contribution < 1.29 is 19.1 Å². The second-order valence-electron chi connectivity index (χ2n) is 9.71. The number of benzene rings is 1. The normalized spacial score (nSPS) is 22.9. The minimum atomic E-state index is -0.336. The van der Waals surface area contributed by atoms with Gasteiger partial charge in [-0.05, 0) is 75.6 Å². The molecule has 2 atom stereocenters. The summed E-state index contributed by atoms with van der Waals surface area (Å²) >= 11 is 0. The molecule has 1 aliphatic heterocycles. The molecule has 0 unspecified atom stereocenters. The molecule has 1 fully saturated rings. The monoisotopic (exact) mass is 483 g/mol. The number of carbonyl (C=O) groups excluding carboxylic acids is 1. The van der Waals surface area contributed by atoms with Gasteiger partial charge in [0, 0.05) is 25.6 Å². The van der Waals surface area contributed by atoms with Gasteiger partial charge in [-0.2, -0.15) is 0 Å². The third-order valence-electron chi connectivity index (χ3n) is 6.73. The van der Waals surface area contributed by atoms with E-state index in [9.17, 15) is 14.3 Å². The van der Waals surface area contributed by atoms with E-state index in [2.05, 4.69) is 25.8 Å². The average Bonchev–Trinajstić information content (AvgIpc) is 3.33. The third kappa shape index (κ3) is 6.61. The number of aliphatic hydroxyl groups excluding tert-OH is 1. The maximum Gasteiger partial charge on any atom is 0.270 e. The first kappa shape index (κ1) is 25.2. The molecule has 1 amide bonds. The molecule has 1 aromatic heterocycles. The van der Waals surface area contributed by atoms with Crippen LogP contribution in [0.5, 0.6) is 0 Å². The number of amides is 1. The number of carbonyl (C=O) groups is 1. The van der Waals surface area contributed by atoms with Gasteiger partial charge in [0.25, 0.3) is 5.91 Å². The maximum absolute atomic E-state index is 13.5. The number of nitrogens with zero attached hydrogens (tertiary/aromatic N) is 3. The summed E-state index contributed by atoms with van der Waals surface area (Å²) in [5.74, 6) is 0.319. The first-order chi connectivity index (χ1) is 16.8. The van der Waals surface area contributed by atoms with E-state index >= 15 is 0 Å². The second-order valence-corrected chi connectivity index (χ2v) is 9.71. The van der Waals surface area contributed by atoms with Crippen LogP contribution in [0.1, 0.15) is 72.2 Å². The van der Waals surface area contributed by atoms with Crippen LogP contribution in [-0.4, -0.2) is 51.5 Å². The Morgan fingerprint density at radius 1 is 1.20 bits per heavy atom. The molecular weight excluding hydrogens is 449 g/mol. The summed E-state index contributed by atoms with van der Waals surface area (Å²) in [6, 6.07) is 6.86. The highest BCUT2D eigenvalue weighted by Crippen LogP contribution is 2.33. The molecule has 0 radical (unpaired) electrons. The molecule has 35 heavy (non-hydrogen) atoms. The van der Waals surface area contributed by atoms with Crippen LogP contribution in [0.4, 0.5) is 4.39 Å². The largest absolute Gasteiger partial charge is 0.392 e. The number of rotatable bonds is 8. The number of hydrogen-bond acceptors (Lipinski definition) is 7. The third-order valence-corrected chi connectivity index (χ3v) is 6.73. The van der Waals surface area contributed by atoms with Crippen LogP contribution in [0.3, 0.4) is 0 Å². The van der Waals surface area contributed by atoms with E-state index in [0.717, 1.165) is 37.0 Å². The van der Waals surface area contributed by atoms with Crippen LogP contribution in [0.2, 0.25) is 0 Å². The summed E-state index contributed by atoms with van der Waals surface area (Å²) in [6.45, 7) is 6.13. The van der Waals surface area contributed by atoms with E-state index < -0.39 is 0 Å². The van der Waals surface area contributed by atoms with Crippen LogP contribution in [0, 0.1) is 25.6 Å². The standard InChI is InChI=1S/C26H34FN5O3/c1-15-10-18(4-9-21(15)27)14-29-26(34)24-11-22(30-17(3)31-24)23-12-25(35-32-23)19-5-7-20(8-6-19)28-13-16(2)33/h4,9-11,16,19-20,25,28,33H,5-8,12-14H2,1-3H3,(H,29,34)/t16-,19?,20?,25+/m0/s1. The smallest absolute Gasteiger partial charge is 0.270 e. The van der Waals surface area contributed by atoms with E-state index in [1.807, 2.05) is 0 Å². The number of nitrogens with one attached hydrogen (secondary N) is 2. The molecule has 1 aliphatic carbocycles. The van der Waals surface area contributed by atoms with Crippen molar-refractivity contribution >= 4 is 11.6 Å². The zero-order valence-electron chi connectivity index (χ0n) is 20.6. The van der Waals surface area contributed by atoms with Gasteiger partial charge in [0.1, 0.15) is 29.2 Å². The van der Waals surface area contributed by atoms with E-state index in [1.165, 1.54) is 6.07 Å². The molecule has 0 bridgehead atoms. The lowest BCUT2D eigenvalue weighted by atomic mass is 9.81. The van der Waals surface area contributed by atoms with E-state index in [0.29, 0.717) is 42.0 Å². The van der Waals surface area contributed by atoms with Crippen molar-refractivity contribution in [2.75, 3.05) is 6.54 Å². The topological polar surface area (TPSA) is 109 Å². The summed E-state index contributed by atoms with van der Waals surface area (Å²) in [5.41, 5.74) is 2.96. The van der Waals surface area contributed by atoms with E-state index in [-0.39, 0.29) is 36.2 Å². The Kier molecular flexibility index (Phi) is 8.07. The molecular formula is C26H34FN5O3. The predicted molar refractivity (Wildman–Crippen MR) is 131 cm³/mol. The zero-order valence-corrected chi connectivity index (χ0v) is 20.6. The highest BCUT2D eigenvalue weighted by Gasteiger charge is 2.34. The van der Waals surface area contributed by atoms with Gasteiger partial charge in [0.15, 0.2) is 0 Å². The fraction of sp³-hybridized carbons (Fsp3) is 0.538. The molecule has 3 N–H and O–H groups in total. The minimum absolute atomic E-state index is 0.0111. The summed E-state index contributed by atoms with van der Waals surface area (Å²) in [7, 11) is 0. The predicted octanol–water partition coefficient (Wildman–Crippen LogP) is 3.18. The Balaban J connectivity index is 1.33. The van der Waals surface area contributed by atoms with Gasteiger partial charge in [0.05, 0.1) is 11.8 Å². The van der Waals surface area contributed by atoms with Gasteiger partial charge in [-0.1, -0.05) is 17.3 Å². The van der Waals surface area contributed by atoms with Crippen molar-refractivity contribution in [1.82, 2.24) is 20.6 Å². The molecule has 2 aliphatic rings. The molecule has 188 valence electrons. The molecule has 2 aromatic rings. The van der Waals surface area contributed by atoms with Gasteiger partial charge >= 0.3 is 0 Å². The quantitative estimate of drug-likeness (QED) is 0.532. The van der Waals surface area contributed by atoms with Crippen molar-refractivity contribution in [2.45, 2.75) is 77.7 Å². The van der Waals surface area contributed by atoms with Gasteiger partial charge in [-0.15, -0.1) is 0 Å². The number of oxime groups is 1. The molecule has 9 heteroatoms. The number of halogens is 1. The van der Waals surface area contributed by atoms with Gasteiger partial charge < -0.3 is 20.6 Å². The van der Waals surface area contributed by atoms with Crippen molar-refractivity contribution in [1.29, 1.82) is 0 Å². The van der Waals surface area contributed by atoms with Crippen molar-refractivity contribution in [2.24, 2.45) is 11.1 Å². The van der Waals surface area contributed by atoms with Gasteiger partial charge in [-0.25, -0.2) is 14.4 Å². The van der Waals surface area contributed by atoms with Crippen LogP contribution in [-0.2, 0) is 11.4 Å². The number of hydrogen-bond donors (Lipinski definition) is 3. The Morgan fingerprint density at radius 2 is 1.97 bits per heavy atom. The number of aromatic nitrogens is 2. The van der Waals surface area contributed by atoms with E-state index in [4.69, 9.17) is 4.84 Å². The molecule has 1 saturated carbocycles. The lowest BCUT2D eigenvalue weighted by Crippen LogP contribution is -2.39. The first-order valence-corrected chi connectivity index (χ1v) is 12.3. The van der Waals surface area contributed by atoms with E-state index in [1.54, 1.807) is 39.0 Å². The molecule has 8 nitrogen and oxygen atoms in total. The Hall–Kier alpha value is -2.91. The fourth-order valence-electron chi connectivity index (χ4n) is 4.75. The summed E-state index contributed by atoms with van der Waals surface area (Å²) in [5, 5.41) is 20.0. The van der Waals surface area contributed by atoms with Gasteiger partial charge in [0.2, 0.25) is 0 Å². The molecule has 2 heterocycles. The second kappa shape index (κ2) is 11.2. The molecule has 0 saturated heterocycles. The number of aryl methyl sites for hydroxylation is 2. The van der Waals surface area contributed by atoms with Crippen LogP contribution < -0.4 is 10.6 Å². The van der Waals surface area contributed by atoms with Crippen molar-refractivity contribution in [3.05, 3.63) is 58.4 Å². The Labute approximate surface area is 205 Å². The van der Waals surface area contributed by atoms with Crippen molar-refractivity contribution in [3.8, 4) is 0 Å². The zero-order chi connectivity index (χ0) is 24.9. The van der Waals surface area contributed by atoms with Crippen LogP contribution in [0.15, 0.2) is 29.4 Å². The number of aliphatic hydroxyl groups is 1. The van der Waals surface area contributed by atoms with Crippen LogP contribution in [0.25, 0.3) is 0 Å². The minimum Gasteiger partial charge on any atom is -0.392 e. The first-order valence-electron chi connectivity index (χ1n) is 12.3. The summed E-state index contributed by atoms with van der Waals surface area (Å²) in [6.07, 6.45) is 4.53. The van der Waals surface area contributed by atoms with Crippen LogP contribution >= 0.6 is 0 Å². The molecule has 1 aromatic carbocycles. The maximum atomic E-state index is 13.5. The van der Waals surface area contributed by atoms with Crippen molar-refractivity contribution in [3.63, 3.8) is 0 Å². The summed E-state index contributed by atoms with van der Waals surface area (Å²) in [4.78, 5) is 27.3. The lowest BCUT2D eigenvalue weighted by molar-refractivity contribution is 0.0228. The highest BCUT2D eigenvalue weighted by molar-refractivity contribution is 6.01. The van der Waals surface area contributed by atoms with Gasteiger partial charge in [-0.3, -0.25) is 4.79 Å². The molecule has 0 spiro atoms. The summed E-state index contributed by atoms with van der Waals surface area (Å²) < 4.78 is 13.5. The SMILES string of the molecule is Cc1nc(C(=O)NCc2ccc(F)c(C)c2)cc(C2=NO[C@@H](C3CCC(NC[C@H](C)O)CC3)C2)n1. The highest BCUT2D eigenvalue weighted by atomic mass is 19.1. The average molecular weight is 484 g/mol. The Morgan fingerprint density at radius 3 is 2.69 bits per heavy atom. The molecule has 4 rings (SSSR count). The fourth-order valence-corrected chi connectivity index (χ4v) is 4.75. The Bertz CT molecular complexity index is 1080.